The van der Waals surface area contributed by atoms with Gasteiger partial charge in [0, 0.05) is 6.61 Å². The van der Waals surface area contributed by atoms with Gasteiger partial charge in [0.1, 0.15) is 6.04 Å². The fraction of sp³-hybridized carbons (Fsp3) is 0.917. The predicted octanol–water partition coefficient (Wildman–Crippen LogP) is 1.18. The summed E-state index contributed by atoms with van der Waals surface area (Å²) in [6, 6.07) is -0.0194. The molecule has 1 aliphatic heterocycles. The maximum atomic E-state index is 11.6. The molecular formula is C12H23NO3. The first-order chi connectivity index (χ1) is 7.79. The molecular weight excluding hydrogens is 206 g/mol. The summed E-state index contributed by atoms with van der Waals surface area (Å²) in [7, 11) is 0. The number of aliphatic hydroxyl groups excluding tert-OH is 1. The first-order valence-corrected chi connectivity index (χ1v) is 6.31. The molecule has 0 saturated carbocycles. The third kappa shape index (κ3) is 4.10. The van der Waals surface area contributed by atoms with Crippen LogP contribution in [0.3, 0.4) is 0 Å². The van der Waals surface area contributed by atoms with E-state index in [0.29, 0.717) is 6.61 Å². The number of rotatable bonds is 7. The topological polar surface area (TPSA) is 49.8 Å². The van der Waals surface area contributed by atoms with Gasteiger partial charge in [-0.25, -0.2) is 0 Å². The van der Waals surface area contributed by atoms with Crippen molar-refractivity contribution in [2.24, 2.45) is 0 Å². The Balaban J connectivity index is 2.26. The highest BCUT2D eigenvalue weighted by molar-refractivity contribution is 5.76. The van der Waals surface area contributed by atoms with Crippen LogP contribution in [-0.2, 0) is 9.53 Å². The highest BCUT2D eigenvalue weighted by atomic mass is 16.5. The van der Waals surface area contributed by atoms with E-state index < -0.39 is 0 Å². The summed E-state index contributed by atoms with van der Waals surface area (Å²) in [5, 5.41) is 8.68. The van der Waals surface area contributed by atoms with Crippen LogP contribution >= 0.6 is 0 Å². The van der Waals surface area contributed by atoms with E-state index in [0.717, 1.165) is 45.2 Å². The van der Waals surface area contributed by atoms with Gasteiger partial charge in [-0.3, -0.25) is 9.69 Å². The number of carbonyl (C=O) groups excluding carboxylic acids is 1. The first-order valence-electron chi connectivity index (χ1n) is 6.31. The Morgan fingerprint density at radius 2 is 2.25 bits per heavy atom. The van der Waals surface area contributed by atoms with Crippen molar-refractivity contribution >= 4 is 5.97 Å². The molecule has 1 saturated heterocycles. The minimum Gasteiger partial charge on any atom is -0.465 e. The number of aliphatic hydroxyl groups is 1. The first kappa shape index (κ1) is 13.5. The lowest BCUT2D eigenvalue weighted by Gasteiger charge is -2.22. The minimum absolute atomic E-state index is 0.0194. The zero-order valence-corrected chi connectivity index (χ0v) is 10.2. The Labute approximate surface area is 97.6 Å². The van der Waals surface area contributed by atoms with Gasteiger partial charge in [-0.2, -0.15) is 0 Å². The molecule has 16 heavy (non-hydrogen) atoms. The summed E-state index contributed by atoms with van der Waals surface area (Å²) in [6.45, 7) is 4.53. The predicted molar refractivity (Wildman–Crippen MR) is 62.2 cm³/mol. The lowest BCUT2D eigenvalue weighted by atomic mass is 10.2. The lowest BCUT2D eigenvalue weighted by Crippen LogP contribution is -2.37. The molecule has 1 aliphatic rings. The van der Waals surface area contributed by atoms with Crippen molar-refractivity contribution in [3.63, 3.8) is 0 Å². The van der Waals surface area contributed by atoms with Crippen molar-refractivity contribution in [1.82, 2.24) is 4.90 Å². The van der Waals surface area contributed by atoms with Crippen LogP contribution < -0.4 is 0 Å². The molecule has 1 heterocycles. The van der Waals surface area contributed by atoms with E-state index in [1.54, 1.807) is 0 Å². The number of nitrogens with zero attached hydrogens (tertiary/aromatic N) is 1. The normalized spacial score (nSPS) is 21.2. The molecule has 0 bridgehead atoms. The second-order valence-electron chi connectivity index (χ2n) is 4.23. The maximum absolute atomic E-state index is 11.6. The molecule has 0 amide bonds. The van der Waals surface area contributed by atoms with Crippen LogP contribution in [0.2, 0.25) is 0 Å². The molecule has 94 valence electrons. The minimum atomic E-state index is -0.0674. The van der Waals surface area contributed by atoms with Gasteiger partial charge in [0.2, 0.25) is 0 Å². The van der Waals surface area contributed by atoms with Crippen LogP contribution in [0.15, 0.2) is 0 Å². The molecule has 4 nitrogen and oxygen atoms in total. The van der Waals surface area contributed by atoms with Gasteiger partial charge < -0.3 is 9.84 Å². The van der Waals surface area contributed by atoms with Gasteiger partial charge in [0.05, 0.1) is 6.61 Å². The highest BCUT2D eigenvalue weighted by Crippen LogP contribution is 2.19. The number of ether oxygens (including phenoxy) is 1. The number of likely N-dealkylation sites (tertiary alicyclic amines) is 1. The number of unbranched alkanes of at least 4 members (excludes halogenated alkanes) is 2. The fourth-order valence-corrected chi connectivity index (χ4v) is 2.20. The molecule has 1 unspecified atom stereocenters. The average molecular weight is 229 g/mol. The molecule has 1 atom stereocenters. The number of hydrogen-bond donors (Lipinski definition) is 1. The molecule has 0 aliphatic carbocycles. The SMILES string of the molecule is CCOC(=O)C1CCCN1CCCCCO. The summed E-state index contributed by atoms with van der Waals surface area (Å²) < 4.78 is 5.06. The molecule has 0 aromatic carbocycles. The van der Waals surface area contributed by atoms with Gasteiger partial charge in [-0.15, -0.1) is 0 Å². The summed E-state index contributed by atoms with van der Waals surface area (Å²) in [4.78, 5) is 13.9. The van der Waals surface area contributed by atoms with Gasteiger partial charge in [-0.05, 0) is 52.1 Å². The summed E-state index contributed by atoms with van der Waals surface area (Å²) in [5.41, 5.74) is 0. The van der Waals surface area contributed by atoms with E-state index in [4.69, 9.17) is 9.84 Å². The maximum Gasteiger partial charge on any atom is 0.323 e. The van der Waals surface area contributed by atoms with E-state index in [2.05, 4.69) is 4.90 Å². The third-order valence-corrected chi connectivity index (χ3v) is 3.03. The smallest absolute Gasteiger partial charge is 0.323 e. The van der Waals surface area contributed by atoms with Crippen LogP contribution in [0.5, 0.6) is 0 Å². The fourth-order valence-electron chi connectivity index (χ4n) is 2.20. The van der Waals surface area contributed by atoms with E-state index in [9.17, 15) is 4.79 Å². The zero-order valence-electron chi connectivity index (χ0n) is 10.2. The van der Waals surface area contributed by atoms with Gasteiger partial charge in [0.25, 0.3) is 0 Å². The Bertz CT molecular complexity index is 208. The highest BCUT2D eigenvalue weighted by Gasteiger charge is 2.30. The average Bonchev–Trinajstić information content (AvgIpc) is 2.73. The lowest BCUT2D eigenvalue weighted by molar-refractivity contribution is -0.148. The van der Waals surface area contributed by atoms with Gasteiger partial charge >= 0.3 is 5.97 Å². The molecule has 1 fully saturated rings. The number of esters is 1. The zero-order chi connectivity index (χ0) is 11.8. The molecule has 0 radical (unpaired) electrons. The van der Waals surface area contributed by atoms with E-state index >= 15 is 0 Å². The Morgan fingerprint density at radius 1 is 1.44 bits per heavy atom. The summed E-state index contributed by atoms with van der Waals surface area (Å²) >= 11 is 0. The van der Waals surface area contributed by atoms with Crippen molar-refractivity contribution in [2.45, 2.75) is 45.1 Å². The van der Waals surface area contributed by atoms with Crippen molar-refractivity contribution in [1.29, 1.82) is 0 Å². The molecule has 0 aromatic rings. The summed E-state index contributed by atoms with van der Waals surface area (Å²) in [5.74, 6) is -0.0674. The number of hydrogen-bond acceptors (Lipinski definition) is 4. The quantitative estimate of drug-likeness (QED) is 0.526. The molecule has 1 N–H and O–H groups in total. The second-order valence-corrected chi connectivity index (χ2v) is 4.23. The van der Waals surface area contributed by atoms with Crippen molar-refractivity contribution in [2.75, 3.05) is 26.3 Å². The standard InChI is InChI=1S/C12H23NO3/c1-2-16-12(15)11-7-6-9-13(11)8-4-3-5-10-14/h11,14H,2-10H2,1H3. The third-order valence-electron chi connectivity index (χ3n) is 3.03. The molecule has 1 rings (SSSR count). The largest absolute Gasteiger partial charge is 0.465 e. The van der Waals surface area contributed by atoms with E-state index in [1.165, 1.54) is 0 Å². The van der Waals surface area contributed by atoms with Crippen LogP contribution in [0, 0.1) is 0 Å². The van der Waals surface area contributed by atoms with Gasteiger partial charge in [0.15, 0.2) is 0 Å². The Kier molecular flexibility index (Phi) is 6.42. The Morgan fingerprint density at radius 3 is 2.94 bits per heavy atom. The van der Waals surface area contributed by atoms with Gasteiger partial charge in [-0.1, -0.05) is 0 Å². The monoisotopic (exact) mass is 229 g/mol. The van der Waals surface area contributed by atoms with Crippen LogP contribution in [-0.4, -0.2) is 48.3 Å². The van der Waals surface area contributed by atoms with Crippen molar-refractivity contribution < 1.29 is 14.6 Å². The van der Waals surface area contributed by atoms with Crippen LogP contribution in [0.4, 0.5) is 0 Å². The number of carbonyl (C=O) groups is 1. The second kappa shape index (κ2) is 7.63. The Hall–Kier alpha value is -0.610. The molecule has 0 spiro atoms. The van der Waals surface area contributed by atoms with Crippen LogP contribution in [0.25, 0.3) is 0 Å². The van der Waals surface area contributed by atoms with Crippen molar-refractivity contribution in [3.8, 4) is 0 Å². The van der Waals surface area contributed by atoms with E-state index in [-0.39, 0.29) is 18.6 Å². The summed E-state index contributed by atoms with van der Waals surface area (Å²) in [6.07, 6.45) is 4.96. The van der Waals surface area contributed by atoms with E-state index in [1.807, 2.05) is 6.92 Å². The van der Waals surface area contributed by atoms with Crippen molar-refractivity contribution in [3.05, 3.63) is 0 Å². The van der Waals surface area contributed by atoms with Crippen LogP contribution in [0.1, 0.15) is 39.0 Å². The molecule has 0 aromatic heterocycles. The molecule has 4 heteroatoms.